The molecule has 14 nitrogen and oxygen atoms in total. The fourth-order valence-corrected chi connectivity index (χ4v) is 4.28. The van der Waals surface area contributed by atoms with E-state index >= 15 is 0 Å². The SMILES string of the molecule is NC(=O)c1nc(Cn2nc(-c3ccc(Cl)cc3)n(C[C@H](OP(=O)([O-])O)C(F)(F)F)c2=O)nn1-c1ncccc1Cl.[K+]. The van der Waals surface area contributed by atoms with Gasteiger partial charge in [0.05, 0.1) is 11.6 Å². The Kier molecular flexibility index (Phi) is 10.7. The van der Waals surface area contributed by atoms with Crippen molar-refractivity contribution in [3.05, 3.63) is 74.8 Å². The van der Waals surface area contributed by atoms with Crippen LogP contribution in [0.2, 0.25) is 10.0 Å². The first kappa shape index (κ1) is 33.5. The van der Waals surface area contributed by atoms with Crippen molar-refractivity contribution in [3.63, 3.8) is 0 Å². The monoisotopic (exact) mass is 660 g/mol. The second-order valence-corrected chi connectivity index (χ2v) is 9.91. The molecule has 0 radical (unpaired) electrons. The molecule has 3 N–H and O–H groups in total. The van der Waals surface area contributed by atoms with E-state index in [2.05, 4.69) is 24.7 Å². The Balaban J connectivity index is 0.00000462. The summed E-state index contributed by atoms with van der Waals surface area (Å²) in [6.45, 7) is -1.99. The fraction of sp³-hybridized carbons (Fsp3) is 0.200. The third-order valence-electron chi connectivity index (χ3n) is 5.10. The van der Waals surface area contributed by atoms with Crippen molar-refractivity contribution >= 4 is 36.9 Å². The third-order valence-corrected chi connectivity index (χ3v) is 6.17. The minimum absolute atomic E-state index is 0. The minimum atomic E-state index is -5.87. The summed E-state index contributed by atoms with van der Waals surface area (Å²) >= 11 is 12.0. The van der Waals surface area contributed by atoms with Crippen LogP contribution in [0.3, 0.4) is 0 Å². The molecule has 0 saturated heterocycles. The molecule has 3 aromatic heterocycles. The summed E-state index contributed by atoms with van der Waals surface area (Å²) in [4.78, 5) is 53.2. The van der Waals surface area contributed by atoms with Crippen LogP contribution in [0.4, 0.5) is 13.2 Å². The van der Waals surface area contributed by atoms with Gasteiger partial charge in [-0.2, -0.15) is 17.9 Å². The quantitative estimate of drug-likeness (QED) is 0.158. The summed E-state index contributed by atoms with van der Waals surface area (Å²) < 4.78 is 57.7. The predicted octanol–water partition coefficient (Wildman–Crippen LogP) is -1.45. The van der Waals surface area contributed by atoms with Crippen molar-refractivity contribution in [3.8, 4) is 17.2 Å². The van der Waals surface area contributed by atoms with Crippen LogP contribution >= 0.6 is 31.0 Å². The molecule has 0 spiro atoms. The Morgan fingerprint density at radius 3 is 2.41 bits per heavy atom. The zero-order valence-corrected chi connectivity index (χ0v) is 26.1. The first-order chi connectivity index (χ1) is 18.6. The molecule has 212 valence electrons. The number of halogens is 5. The van der Waals surface area contributed by atoms with E-state index in [4.69, 9.17) is 33.8 Å². The van der Waals surface area contributed by atoms with Crippen molar-refractivity contribution in [1.82, 2.24) is 34.1 Å². The number of aromatic nitrogens is 7. The molecular weight excluding hydrogens is 646 g/mol. The Morgan fingerprint density at radius 1 is 1.20 bits per heavy atom. The number of alkyl halides is 3. The van der Waals surface area contributed by atoms with Crippen molar-refractivity contribution in [1.29, 1.82) is 0 Å². The molecule has 0 bridgehead atoms. The molecule has 4 aromatic rings. The first-order valence-electron chi connectivity index (χ1n) is 10.7. The maximum atomic E-state index is 13.6. The van der Waals surface area contributed by atoms with Crippen molar-refractivity contribution in [2.45, 2.75) is 25.4 Å². The van der Waals surface area contributed by atoms with Crippen LogP contribution in [-0.4, -0.2) is 57.2 Å². The van der Waals surface area contributed by atoms with Crippen molar-refractivity contribution in [2.24, 2.45) is 5.73 Å². The number of phosphoric ester groups is 1. The first-order valence-corrected chi connectivity index (χ1v) is 13.0. The molecular formula is C20H15Cl2F3KN8O6P. The van der Waals surface area contributed by atoms with E-state index in [-0.39, 0.29) is 84.5 Å². The van der Waals surface area contributed by atoms with E-state index in [1.807, 2.05) is 0 Å². The van der Waals surface area contributed by atoms with Gasteiger partial charge in [-0.25, -0.2) is 19.4 Å². The summed E-state index contributed by atoms with van der Waals surface area (Å²) in [5.74, 6) is -2.04. The zero-order valence-electron chi connectivity index (χ0n) is 20.6. The summed E-state index contributed by atoms with van der Waals surface area (Å²) in [7, 11) is -5.87. The number of amides is 1. The Morgan fingerprint density at radius 2 is 1.85 bits per heavy atom. The number of hydrogen-bond donors (Lipinski definition) is 2. The average Bonchev–Trinajstić information content (AvgIpc) is 3.40. The number of pyridine rings is 1. The summed E-state index contributed by atoms with van der Waals surface area (Å²) in [6, 6.07) is 8.41. The van der Waals surface area contributed by atoms with Gasteiger partial charge in [-0.3, -0.25) is 13.9 Å². The second-order valence-electron chi connectivity index (χ2n) is 7.92. The van der Waals surface area contributed by atoms with Crippen molar-refractivity contribution < 1.29 is 88.2 Å². The van der Waals surface area contributed by atoms with Gasteiger partial charge in [0.2, 0.25) is 5.82 Å². The number of nitrogens with zero attached hydrogens (tertiary/aromatic N) is 7. The van der Waals surface area contributed by atoms with Crippen molar-refractivity contribution in [2.75, 3.05) is 0 Å². The number of nitrogens with two attached hydrogens (primary N) is 1. The van der Waals surface area contributed by atoms with Gasteiger partial charge in [0.15, 0.2) is 23.6 Å². The van der Waals surface area contributed by atoms with Crippen LogP contribution in [0.25, 0.3) is 17.2 Å². The molecule has 1 aromatic carbocycles. The van der Waals surface area contributed by atoms with Gasteiger partial charge in [0.25, 0.3) is 13.7 Å². The van der Waals surface area contributed by atoms with E-state index in [1.54, 1.807) is 0 Å². The van der Waals surface area contributed by atoms with Crippen LogP contribution < -0.4 is 67.7 Å². The van der Waals surface area contributed by atoms with Crippen LogP contribution in [0.15, 0.2) is 47.4 Å². The summed E-state index contributed by atoms with van der Waals surface area (Å²) in [6.07, 6.45) is -7.11. The van der Waals surface area contributed by atoms with Gasteiger partial charge < -0.3 is 20.0 Å². The molecule has 0 fully saturated rings. The number of phosphoric acid groups is 1. The standard InChI is InChI=1S/C20H16Cl2F3N8O6P.K/c21-11-5-3-10(4-6-11)16-30-32(19(35)31(16)8-13(20(23,24)25)39-40(36,37)38)9-14-28-18(15(26)34)33(29-14)17-12(22)2-1-7-27-17;/h1-7,13H,8-9H2,(H2,26,34)(H2,36,37,38);/q;+1/p-1/t13-;/m0./s1. The van der Waals surface area contributed by atoms with E-state index in [0.29, 0.717) is 9.25 Å². The van der Waals surface area contributed by atoms with Crippen LogP contribution in [-0.2, 0) is 22.2 Å². The second kappa shape index (κ2) is 13.1. The number of benzene rings is 1. The minimum Gasteiger partial charge on any atom is -0.756 e. The van der Waals surface area contributed by atoms with Gasteiger partial charge in [-0.05, 0) is 36.4 Å². The molecule has 1 unspecified atom stereocenters. The average molecular weight is 661 g/mol. The molecule has 4 rings (SSSR count). The Bertz CT molecular complexity index is 1670. The molecule has 0 saturated carbocycles. The number of rotatable bonds is 9. The zero-order chi connectivity index (χ0) is 29.4. The number of carbonyl (C=O) groups excluding carboxylic acids is 1. The van der Waals surface area contributed by atoms with Crippen LogP contribution in [0.5, 0.6) is 0 Å². The number of carbonyl (C=O) groups is 1. The molecule has 3 heterocycles. The molecule has 21 heteroatoms. The van der Waals surface area contributed by atoms with Gasteiger partial charge in [-0.15, -0.1) is 10.2 Å². The molecule has 41 heavy (non-hydrogen) atoms. The maximum Gasteiger partial charge on any atom is 1.00 e. The fourth-order valence-electron chi connectivity index (χ4n) is 3.44. The van der Waals surface area contributed by atoms with Gasteiger partial charge >= 0.3 is 63.3 Å². The summed E-state index contributed by atoms with van der Waals surface area (Å²) in [5, 5.41) is 8.48. The van der Waals surface area contributed by atoms with E-state index in [0.717, 1.165) is 4.68 Å². The van der Waals surface area contributed by atoms with Gasteiger partial charge in [-0.1, -0.05) is 23.2 Å². The largest absolute Gasteiger partial charge is 1.00 e. The number of hydrogen-bond acceptors (Lipinski definition) is 9. The van der Waals surface area contributed by atoms with Crippen LogP contribution in [0, 0.1) is 0 Å². The Labute approximate surface area is 279 Å². The Hall–Kier alpha value is -1.96. The predicted molar refractivity (Wildman–Crippen MR) is 129 cm³/mol. The molecule has 2 atom stereocenters. The summed E-state index contributed by atoms with van der Waals surface area (Å²) in [5.41, 5.74) is 4.33. The maximum absolute atomic E-state index is 13.6. The van der Waals surface area contributed by atoms with Gasteiger partial charge in [0, 0.05) is 16.8 Å². The molecule has 0 aliphatic heterocycles. The molecule has 0 aliphatic carbocycles. The van der Waals surface area contributed by atoms with E-state index in [9.17, 15) is 32.2 Å². The van der Waals surface area contributed by atoms with E-state index < -0.39 is 50.6 Å². The normalized spacial score (nSPS) is 13.8. The number of primary amides is 1. The van der Waals surface area contributed by atoms with Crippen LogP contribution in [0.1, 0.15) is 16.4 Å². The third kappa shape index (κ3) is 8.11. The molecule has 0 aliphatic rings. The molecule has 1 amide bonds. The van der Waals surface area contributed by atoms with Gasteiger partial charge in [0.1, 0.15) is 6.54 Å². The van der Waals surface area contributed by atoms with E-state index in [1.165, 1.54) is 42.6 Å². The smallest absolute Gasteiger partial charge is 0.756 e. The topological polar surface area (TPSA) is 196 Å².